The van der Waals surface area contributed by atoms with Crippen LogP contribution in [0.2, 0.25) is 0 Å². The SMILES string of the molecule is COCCN(Cc1cnc(S(=O)(=O)Cc2cccc(OC)c2)n1CCOC)C(=S)Nc1ccc(OC)cc1. The molecule has 2 aromatic carbocycles. The number of benzene rings is 2. The molecule has 0 saturated carbocycles. The number of aromatic nitrogens is 2. The van der Waals surface area contributed by atoms with Gasteiger partial charge in [0.2, 0.25) is 15.0 Å². The summed E-state index contributed by atoms with van der Waals surface area (Å²) in [4.78, 5) is 6.23. The minimum absolute atomic E-state index is 0.0203. The highest BCUT2D eigenvalue weighted by molar-refractivity contribution is 7.90. The van der Waals surface area contributed by atoms with Crippen molar-refractivity contribution in [2.45, 2.75) is 24.0 Å². The second-order valence-corrected chi connectivity index (χ2v) is 10.6. The third kappa shape index (κ3) is 7.90. The molecule has 3 aromatic rings. The van der Waals surface area contributed by atoms with Gasteiger partial charge in [0.05, 0.1) is 51.6 Å². The summed E-state index contributed by atoms with van der Waals surface area (Å²) in [6.07, 6.45) is 1.57. The Morgan fingerprint density at radius 2 is 1.71 bits per heavy atom. The van der Waals surface area contributed by atoms with Crippen LogP contribution in [0.25, 0.3) is 0 Å². The summed E-state index contributed by atoms with van der Waals surface area (Å²) in [5, 5.41) is 3.67. The smallest absolute Gasteiger partial charge is 0.228 e. The number of methoxy groups -OCH3 is 4. The third-order valence-corrected chi connectivity index (χ3v) is 7.69. The van der Waals surface area contributed by atoms with Crippen LogP contribution < -0.4 is 14.8 Å². The summed E-state index contributed by atoms with van der Waals surface area (Å²) in [5.41, 5.74) is 2.09. The molecule has 0 saturated heterocycles. The van der Waals surface area contributed by atoms with Crippen LogP contribution in [-0.2, 0) is 38.2 Å². The number of rotatable bonds is 14. The molecule has 12 heteroatoms. The zero-order valence-electron chi connectivity index (χ0n) is 22.0. The Morgan fingerprint density at radius 1 is 1.00 bits per heavy atom. The minimum Gasteiger partial charge on any atom is -0.497 e. The van der Waals surface area contributed by atoms with Crippen LogP contribution >= 0.6 is 12.2 Å². The number of ether oxygens (including phenoxy) is 4. The average molecular weight is 563 g/mol. The molecule has 38 heavy (non-hydrogen) atoms. The highest BCUT2D eigenvalue weighted by atomic mass is 32.2. The molecule has 1 N–H and O–H groups in total. The van der Waals surface area contributed by atoms with E-state index < -0.39 is 9.84 Å². The summed E-state index contributed by atoms with van der Waals surface area (Å²) < 4.78 is 49.5. The van der Waals surface area contributed by atoms with E-state index in [1.807, 2.05) is 29.2 Å². The van der Waals surface area contributed by atoms with E-state index in [1.54, 1.807) is 63.5 Å². The molecule has 0 fully saturated rings. The number of hydrogen-bond donors (Lipinski definition) is 1. The first-order chi connectivity index (χ1) is 18.3. The Hall–Kier alpha value is -3.19. The number of imidazole rings is 1. The van der Waals surface area contributed by atoms with Gasteiger partial charge in [0.15, 0.2) is 5.11 Å². The summed E-state index contributed by atoms with van der Waals surface area (Å²) in [5.74, 6) is 1.12. The molecule has 1 heterocycles. The largest absolute Gasteiger partial charge is 0.497 e. The first-order valence-electron chi connectivity index (χ1n) is 11.9. The molecule has 0 aliphatic heterocycles. The zero-order valence-corrected chi connectivity index (χ0v) is 23.7. The fourth-order valence-electron chi connectivity index (χ4n) is 3.76. The van der Waals surface area contributed by atoms with Crippen LogP contribution in [0.4, 0.5) is 5.69 Å². The van der Waals surface area contributed by atoms with Gasteiger partial charge in [-0.1, -0.05) is 12.1 Å². The number of anilines is 1. The van der Waals surface area contributed by atoms with Gasteiger partial charge in [0.25, 0.3) is 0 Å². The van der Waals surface area contributed by atoms with Gasteiger partial charge in [0.1, 0.15) is 11.5 Å². The van der Waals surface area contributed by atoms with Crippen molar-refractivity contribution >= 4 is 32.9 Å². The summed E-state index contributed by atoms with van der Waals surface area (Å²) in [6, 6.07) is 14.4. The van der Waals surface area contributed by atoms with E-state index >= 15 is 0 Å². The van der Waals surface area contributed by atoms with Gasteiger partial charge in [0, 0.05) is 33.0 Å². The van der Waals surface area contributed by atoms with Crippen LogP contribution in [0, 0.1) is 0 Å². The van der Waals surface area contributed by atoms with Crippen molar-refractivity contribution < 1.29 is 27.4 Å². The maximum Gasteiger partial charge on any atom is 0.228 e. The van der Waals surface area contributed by atoms with E-state index in [0.29, 0.717) is 55.0 Å². The Bertz CT molecular complexity index is 1300. The molecule has 0 radical (unpaired) electrons. The van der Waals surface area contributed by atoms with E-state index in [9.17, 15) is 8.42 Å². The third-order valence-electron chi connectivity index (χ3n) is 5.74. The molecule has 0 amide bonds. The van der Waals surface area contributed by atoms with Gasteiger partial charge in [-0.05, 0) is 54.2 Å². The Morgan fingerprint density at radius 3 is 2.37 bits per heavy atom. The number of nitrogens with zero attached hydrogens (tertiary/aromatic N) is 3. The number of sulfone groups is 1. The molecule has 0 bridgehead atoms. The van der Waals surface area contributed by atoms with Crippen molar-refractivity contribution in [3.05, 3.63) is 66.0 Å². The highest BCUT2D eigenvalue weighted by Crippen LogP contribution is 2.22. The number of nitrogens with one attached hydrogen (secondary N) is 1. The minimum atomic E-state index is -3.77. The van der Waals surface area contributed by atoms with Crippen LogP contribution in [0.5, 0.6) is 11.5 Å². The molecule has 0 atom stereocenters. The molecule has 0 spiro atoms. The van der Waals surface area contributed by atoms with Gasteiger partial charge in [-0.2, -0.15) is 0 Å². The van der Waals surface area contributed by atoms with E-state index in [-0.39, 0.29) is 10.9 Å². The first kappa shape index (κ1) is 29.4. The molecule has 3 rings (SSSR count). The maximum absolute atomic E-state index is 13.4. The van der Waals surface area contributed by atoms with Crippen LogP contribution in [0.15, 0.2) is 59.9 Å². The van der Waals surface area contributed by atoms with Crippen molar-refractivity contribution in [1.82, 2.24) is 14.5 Å². The molecule has 0 unspecified atom stereocenters. The Labute approximate surface area is 229 Å². The lowest BCUT2D eigenvalue weighted by atomic mass is 10.2. The van der Waals surface area contributed by atoms with Crippen LogP contribution in [-0.4, -0.2) is 76.2 Å². The summed E-state index contributed by atoms with van der Waals surface area (Å²) >= 11 is 5.70. The second kappa shape index (κ2) is 14.1. The van der Waals surface area contributed by atoms with E-state index in [4.69, 9.17) is 31.2 Å². The van der Waals surface area contributed by atoms with Crippen LogP contribution in [0.3, 0.4) is 0 Å². The van der Waals surface area contributed by atoms with Crippen LogP contribution in [0.1, 0.15) is 11.3 Å². The van der Waals surface area contributed by atoms with Crippen molar-refractivity contribution in [3.8, 4) is 11.5 Å². The van der Waals surface area contributed by atoms with Gasteiger partial charge in [-0.3, -0.25) is 0 Å². The molecule has 1 aromatic heterocycles. The van der Waals surface area contributed by atoms with Gasteiger partial charge < -0.3 is 33.7 Å². The highest BCUT2D eigenvalue weighted by Gasteiger charge is 2.25. The van der Waals surface area contributed by atoms with Gasteiger partial charge >= 0.3 is 0 Å². The van der Waals surface area contributed by atoms with E-state index in [1.165, 1.54) is 0 Å². The number of hydrogen-bond acceptors (Lipinski definition) is 8. The Kier molecular flexibility index (Phi) is 10.9. The van der Waals surface area contributed by atoms with E-state index in [2.05, 4.69) is 10.3 Å². The lowest BCUT2D eigenvalue weighted by Gasteiger charge is -2.26. The van der Waals surface area contributed by atoms with Crippen molar-refractivity contribution in [1.29, 1.82) is 0 Å². The summed E-state index contributed by atoms with van der Waals surface area (Å²) in [6.45, 7) is 1.86. The Balaban J connectivity index is 1.86. The predicted octanol–water partition coefficient (Wildman–Crippen LogP) is 3.37. The van der Waals surface area contributed by atoms with Gasteiger partial charge in [-0.15, -0.1) is 0 Å². The van der Waals surface area contributed by atoms with Crippen molar-refractivity contribution in [3.63, 3.8) is 0 Å². The molecule has 206 valence electrons. The fraction of sp³-hybridized carbons (Fsp3) is 0.385. The molecular formula is C26H34N4O6S2. The standard InChI is InChI=1S/C26H34N4O6S2/c1-33-14-12-29(25(37)28-21-8-10-23(35-3)11-9-21)18-22-17-27-26(30(22)13-15-34-2)38(31,32)19-20-6-5-7-24(16-20)36-4/h5-11,16-17H,12-15,18-19H2,1-4H3,(H,28,37). The predicted molar refractivity (Wildman–Crippen MR) is 149 cm³/mol. The fourth-order valence-corrected chi connectivity index (χ4v) is 5.54. The van der Waals surface area contributed by atoms with E-state index in [0.717, 1.165) is 11.4 Å². The lowest BCUT2D eigenvalue weighted by Crippen LogP contribution is -2.37. The first-order valence-corrected chi connectivity index (χ1v) is 13.9. The van der Waals surface area contributed by atoms with Crippen molar-refractivity contribution in [2.75, 3.05) is 53.5 Å². The zero-order chi connectivity index (χ0) is 27.5. The normalized spacial score (nSPS) is 11.3. The van der Waals surface area contributed by atoms with Crippen molar-refractivity contribution in [2.24, 2.45) is 0 Å². The second-order valence-electron chi connectivity index (χ2n) is 8.36. The van der Waals surface area contributed by atoms with Gasteiger partial charge in [-0.25, -0.2) is 13.4 Å². The molecule has 10 nitrogen and oxygen atoms in total. The maximum atomic E-state index is 13.4. The lowest BCUT2D eigenvalue weighted by molar-refractivity contribution is 0.171. The number of thiocarbonyl (C=S) groups is 1. The topological polar surface area (TPSA) is 104 Å². The molecular weight excluding hydrogens is 528 g/mol. The average Bonchev–Trinajstić information content (AvgIpc) is 3.33. The monoisotopic (exact) mass is 562 g/mol. The molecule has 0 aliphatic carbocycles. The molecule has 0 aliphatic rings. The quantitative estimate of drug-likeness (QED) is 0.294. The summed E-state index contributed by atoms with van der Waals surface area (Å²) in [7, 11) is 2.57.